The third-order valence-electron chi connectivity index (χ3n) is 3.08. The van der Waals surface area contributed by atoms with E-state index in [0.717, 1.165) is 12.6 Å². The third kappa shape index (κ3) is 1.74. The molecule has 1 saturated carbocycles. The minimum atomic E-state index is 0.186. The highest BCUT2D eigenvalue weighted by atomic mass is 15.2. The van der Waals surface area contributed by atoms with Gasteiger partial charge in [0.15, 0.2) is 0 Å². The second kappa shape index (κ2) is 3.11. The van der Waals surface area contributed by atoms with Crippen molar-refractivity contribution in [1.29, 1.82) is 0 Å². The monoisotopic (exact) mass is 156 g/mol. The number of rotatable bonds is 3. The Morgan fingerprint density at radius 3 is 2.27 bits per heavy atom. The van der Waals surface area contributed by atoms with Gasteiger partial charge in [-0.05, 0) is 33.7 Å². The van der Waals surface area contributed by atoms with Crippen LogP contribution in [0.15, 0.2) is 0 Å². The summed E-state index contributed by atoms with van der Waals surface area (Å²) in [6, 6.07) is 0.800. The van der Waals surface area contributed by atoms with Crippen LogP contribution >= 0.6 is 0 Å². The lowest BCUT2D eigenvalue weighted by atomic mass is 9.88. The van der Waals surface area contributed by atoms with Gasteiger partial charge >= 0.3 is 0 Å². The summed E-state index contributed by atoms with van der Waals surface area (Å²) in [5.41, 5.74) is 5.87. The van der Waals surface area contributed by atoms with E-state index in [4.69, 9.17) is 5.73 Å². The second-order valence-corrected chi connectivity index (χ2v) is 4.21. The molecule has 2 N–H and O–H groups in total. The van der Waals surface area contributed by atoms with Crippen LogP contribution in [-0.4, -0.2) is 30.1 Å². The number of hydrogen-bond donors (Lipinski definition) is 1. The maximum absolute atomic E-state index is 5.68. The van der Waals surface area contributed by atoms with E-state index >= 15 is 0 Å². The Hall–Kier alpha value is -0.0800. The zero-order chi connectivity index (χ0) is 8.48. The van der Waals surface area contributed by atoms with Gasteiger partial charge in [-0.1, -0.05) is 6.42 Å². The van der Waals surface area contributed by atoms with Crippen molar-refractivity contribution >= 4 is 0 Å². The van der Waals surface area contributed by atoms with Crippen LogP contribution in [0.4, 0.5) is 0 Å². The molecule has 0 aromatic carbocycles. The van der Waals surface area contributed by atoms with E-state index in [0.29, 0.717) is 0 Å². The standard InChI is InChI=1S/C9H20N2/c1-9(2,7-10)11(3)8-5-4-6-8/h8H,4-7,10H2,1-3H3. The summed E-state index contributed by atoms with van der Waals surface area (Å²) in [5, 5.41) is 0. The molecule has 0 unspecified atom stereocenters. The average Bonchev–Trinajstić information content (AvgIpc) is 1.84. The normalized spacial score (nSPS) is 20.5. The molecule has 0 spiro atoms. The molecule has 1 fully saturated rings. The molecular formula is C9H20N2. The fourth-order valence-corrected chi connectivity index (χ4v) is 1.41. The van der Waals surface area contributed by atoms with Crippen LogP contribution in [0.5, 0.6) is 0 Å². The maximum atomic E-state index is 5.68. The lowest BCUT2D eigenvalue weighted by molar-refractivity contribution is 0.0620. The van der Waals surface area contributed by atoms with E-state index in [9.17, 15) is 0 Å². The highest BCUT2D eigenvalue weighted by molar-refractivity contribution is 4.88. The first kappa shape index (κ1) is 9.01. The van der Waals surface area contributed by atoms with Crippen molar-refractivity contribution in [2.24, 2.45) is 5.73 Å². The first-order chi connectivity index (χ1) is 5.08. The minimum Gasteiger partial charge on any atom is -0.329 e. The minimum absolute atomic E-state index is 0.186. The smallest absolute Gasteiger partial charge is 0.0275 e. The second-order valence-electron chi connectivity index (χ2n) is 4.21. The quantitative estimate of drug-likeness (QED) is 0.665. The highest BCUT2D eigenvalue weighted by Crippen LogP contribution is 2.28. The van der Waals surface area contributed by atoms with Crippen LogP contribution in [0, 0.1) is 0 Å². The van der Waals surface area contributed by atoms with Crippen LogP contribution in [0.25, 0.3) is 0 Å². The van der Waals surface area contributed by atoms with E-state index in [-0.39, 0.29) is 5.54 Å². The summed E-state index contributed by atoms with van der Waals surface area (Å²) in [7, 11) is 2.19. The van der Waals surface area contributed by atoms with E-state index in [2.05, 4.69) is 25.8 Å². The van der Waals surface area contributed by atoms with E-state index in [1.54, 1.807) is 0 Å². The molecular weight excluding hydrogens is 136 g/mol. The van der Waals surface area contributed by atoms with Gasteiger partial charge in [0, 0.05) is 18.1 Å². The van der Waals surface area contributed by atoms with Gasteiger partial charge in [-0.25, -0.2) is 0 Å². The molecule has 66 valence electrons. The maximum Gasteiger partial charge on any atom is 0.0275 e. The molecule has 0 bridgehead atoms. The van der Waals surface area contributed by atoms with Crippen molar-refractivity contribution in [2.75, 3.05) is 13.6 Å². The number of nitrogens with zero attached hydrogens (tertiary/aromatic N) is 1. The molecule has 0 aromatic heterocycles. The van der Waals surface area contributed by atoms with Crippen molar-refractivity contribution < 1.29 is 0 Å². The van der Waals surface area contributed by atoms with Crippen LogP contribution in [0.1, 0.15) is 33.1 Å². The molecule has 1 rings (SSSR count). The van der Waals surface area contributed by atoms with E-state index in [1.807, 2.05) is 0 Å². The predicted octanol–water partition coefficient (Wildman–Crippen LogP) is 1.21. The fraction of sp³-hybridized carbons (Fsp3) is 1.00. The Balaban J connectivity index is 2.44. The molecule has 1 aliphatic carbocycles. The van der Waals surface area contributed by atoms with Crippen LogP contribution in [0.3, 0.4) is 0 Å². The Morgan fingerprint density at radius 2 is 2.00 bits per heavy atom. The van der Waals surface area contributed by atoms with Crippen molar-refractivity contribution in [3.63, 3.8) is 0 Å². The van der Waals surface area contributed by atoms with Crippen LogP contribution < -0.4 is 5.73 Å². The van der Waals surface area contributed by atoms with Gasteiger partial charge in [-0.15, -0.1) is 0 Å². The first-order valence-electron chi connectivity index (χ1n) is 4.51. The van der Waals surface area contributed by atoms with Gasteiger partial charge in [-0.3, -0.25) is 4.90 Å². The fourth-order valence-electron chi connectivity index (χ4n) is 1.41. The number of nitrogens with two attached hydrogens (primary N) is 1. The summed E-state index contributed by atoms with van der Waals surface area (Å²) < 4.78 is 0. The van der Waals surface area contributed by atoms with Gasteiger partial charge in [0.25, 0.3) is 0 Å². The molecule has 0 aromatic rings. The first-order valence-corrected chi connectivity index (χ1v) is 4.51. The summed E-state index contributed by atoms with van der Waals surface area (Å²) in [6.45, 7) is 5.18. The molecule has 2 heteroatoms. The van der Waals surface area contributed by atoms with Crippen LogP contribution in [0.2, 0.25) is 0 Å². The van der Waals surface area contributed by atoms with E-state index < -0.39 is 0 Å². The van der Waals surface area contributed by atoms with Crippen LogP contribution in [-0.2, 0) is 0 Å². The molecule has 2 nitrogen and oxygen atoms in total. The molecule has 0 amide bonds. The molecule has 0 aliphatic heterocycles. The molecule has 0 saturated heterocycles. The number of likely N-dealkylation sites (N-methyl/N-ethyl adjacent to an activating group) is 1. The van der Waals surface area contributed by atoms with Gasteiger partial charge in [0.2, 0.25) is 0 Å². The predicted molar refractivity (Wildman–Crippen MR) is 48.5 cm³/mol. The van der Waals surface area contributed by atoms with Crippen molar-refractivity contribution in [3.05, 3.63) is 0 Å². The summed E-state index contributed by atoms with van der Waals surface area (Å²) >= 11 is 0. The van der Waals surface area contributed by atoms with E-state index in [1.165, 1.54) is 19.3 Å². The highest BCUT2D eigenvalue weighted by Gasteiger charge is 2.31. The number of hydrogen-bond acceptors (Lipinski definition) is 2. The molecule has 1 aliphatic rings. The molecule has 11 heavy (non-hydrogen) atoms. The van der Waals surface area contributed by atoms with Gasteiger partial charge in [-0.2, -0.15) is 0 Å². The Bertz CT molecular complexity index is 128. The Kier molecular flexibility index (Phi) is 2.55. The lowest BCUT2D eigenvalue weighted by Crippen LogP contribution is -2.53. The third-order valence-corrected chi connectivity index (χ3v) is 3.08. The van der Waals surface area contributed by atoms with Gasteiger partial charge in [0.05, 0.1) is 0 Å². The zero-order valence-electron chi connectivity index (χ0n) is 7.93. The lowest BCUT2D eigenvalue weighted by Gasteiger charge is -2.44. The summed E-state index contributed by atoms with van der Waals surface area (Å²) in [4.78, 5) is 2.43. The van der Waals surface area contributed by atoms with Crippen molar-refractivity contribution in [1.82, 2.24) is 4.90 Å². The topological polar surface area (TPSA) is 29.3 Å². The zero-order valence-corrected chi connectivity index (χ0v) is 7.93. The Labute approximate surface area is 69.8 Å². The summed E-state index contributed by atoms with van der Waals surface area (Å²) in [6.07, 6.45) is 4.12. The Morgan fingerprint density at radius 1 is 1.45 bits per heavy atom. The SMILES string of the molecule is CN(C1CCC1)C(C)(C)CN. The molecule has 0 radical (unpaired) electrons. The average molecular weight is 156 g/mol. The molecule has 0 atom stereocenters. The van der Waals surface area contributed by atoms with Crippen molar-refractivity contribution in [2.45, 2.75) is 44.7 Å². The van der Waals surface area contributed by atoms with Gasteiger partial charge in [0.1, 0.15) is 0 Å². The van der Waals surface area contributed by atoms with Crippen molar-refractivity contribution in [3.8, 4) is 0 Å². The van der Waals surface area contributed by atoms with Gasteiger partial charge < -0.3 is 5.73 Å². The molecule has 0 heterocycles. The summed E-state index contributed by atoms with van der Waals surface area (Å²) in [5.74, 6) is 0. The largest absolute Gasteiger partial charge is 0.329 e.